The van der Waals surface area contributed by atoms with Crippen LogP contribution < -0.4 is 0 Å². The van der Waals surface area contributed by atoms with Gasteiger partial charge in [-0.15, -0.1) is 0 Å². The molecule has 1 aromatic carbocycles. The van der Waals surface area contributed by atoms with Gasteiger partial charge in [0.25, 0.3) is 5.89 Å². The van der Waals surface area contributed by atoms with E-state index in [9.17, 15) is 4.79 Å². The number of aromatic nitrogens is 2. The molecular formula is C15H18N2O4. The van der Waals surface area contributed by atoms with Crippen molar-refractivity contribution in [2.45, 2.75) is 32.8 Å². The SMILES string of the molecule is CCOC(C)(CC)c1noc(-c2cccc(C(=O)O)c2)n1. The molecule has 1 aromatic heterocycles. The quantitative estimate of drug-likeness (QED) is 0.879. The van der Waals surface area contributed by atoms with Gasteiger partial charge >= 0.3 is 5.97 Å². The van der Waals surface area contributed by atoms with E-state index in [-0.39, 0.29) is 11.5 Å². The van der Waals surface area contributed by atoms with E-state index in [1.165, 1.54) is 12.1 Å². The molecule has 0 bridgehead atoms. The number of hydrogen-bond donors (Lipinski definition) is 1. The average Bonchev–Trinajstić information content (AvgIpc) is 2.98. The second-order valence-corrected chi connectivity index (χ2v) is 4.83. The molecule has 0 aliphatic rings. The zero-order chi connectivity index (χ0) is 15.5. The first-order valence-electron chi connectivity index (χ1n) is 6.82. The number of carbonyl (C=O) groups is 1. The number of benzene rings is 1. The molecule has 0 saturated heterocycles. The predicted molar refractivity (Wildman–Crippen MR) is 76.0 cm³/mol. The monoisotopic (exact) mass is 290 g/mol. The van der Waals surface area contributed by atoms with Gasteiger partial charge in [-0.1, -0.05) is 18.1 Å². The third-order valence-electron chi connectivity index (χ3n) is 3.39. The number of carboxylic acid groups (broad SMARTS) is 1. The van der Waals surface area contributed by atoms with Crippen LogP contribution in [0.2, 0.25) is 0 Å². The van der Waals surface area contributed by atoms with Crippen molar-refractivity contribution in [1.82, 2.24) is 10.1 Å². The third kappa shape index (κ3) is 3.11. The van der Waals surface area contributed by atoms with Crippen molar-refractivity contribution in [1.29, 1.82) is 0 Å². The minimum absolute atomic E-state index is 0.176. The van der Waals surface area contributed by atoms with Gasteiger partial charge in [-0.3, -0.25) is 0 Å². The van der Waals surface area contributed by atoms with E-state index in [0.717, 1.165) is 0 Å². The van der Waals surface area contributed by atoms with E-state index in [1.807, 2.05) is 20.8 Å². The van der Waals surface area contributed by atoms with Crippen molar-refractivity contribution in [2.24, 2.45) is 0 Å². The molecule has 21 heavy (non-hydrogen) atoms. The molecule has 0 spiro atoms. The maximum absolute atomic E-state index is 11.0. The summed E-state index contributed by atoms with van der Waals surface area (Å²) in [5.41, 5.74) is 0.139. The molecule has 0 aliphatic heterocycles. The van der Waals surface area contributed by atoms with Gasteiger partial charge in [0, 0.05) is 12.2 Å². The van der Waals surface area contributed by atoms with Crippen molar-refractivity contribution < 1.29 is 19.2 Å². The minimum Gasteiger partial charge on any atom is -0.478 e. The van der Waals surface area contributed by atoms with Crippen LogP contribution in [-0.2, 0) is 10.3 Å². The highest BCUT2D eigenvalue weighted by Crippen LogP contribution is 2.28. The lowest BCUT2D eigenvalue weighted by Crippen LogP contribution is -2.26. The average molecular weight is 290 g/mol. The normalized spacial score (nSPS) is 13.9. The predicted octanol–water partition coefficient (Wildman–Crippen LogP) is 3.10. The molecule has 6 heteroatoms. The summed E-state index contributed by atoms with van der Waals surface area (Å²) in [6.45, 7) is 6.34. The molecule has 0 fully saturated rings. The largest absolute Gasteiger partial charge is 0.478 e. The molecule has 1 unspecified atom stereocenters. The van der Waals surface area contributed by atoms with Crippen LogP contribution in [0.15, 0.2) is 28.8 Å². The fraction of sp³-hybridized carbons (Fsp3) is 0.400. The van der Waals surface area contributed by atoms with Gasteiger partial charge < -0.3 is 14.4 Å². The van der Waals surface area contributed by atoms with Gasteiger partial charge in [0.2, 0.25) is 5.82 Å². The summed E-state index contributed by atoms with van der Waals surface area (Å²) in [6.07, 6.45) is 0.703. The topological polar surface area (TPSA) is 85.5 Å². The van der Waals surface area contributed by atoms with Crippen molar-refractivity contribution in [3.05, 3.63) is 35.7 Å². The fourth-order valence-corrected chi connectivity index (χ4v) is 1.98. The Morgan fingerprint density at radius 3 is 2.81 bits per heavy atom. The van der Waals surface area contributed by atoms with Gasteiger partial charge in [0.15, 0.2) is 0 Å². The number of aromatic carboxylic acids is 1. The fourth-order valence-electron chi connectivity index (χ4n) is 1.98. The van der Waals surface area contributed by atoms with Crippen LogP contribution in [0.3, 0.4) is 0 Å². The molecule has 1 heterocycles. The van der Waals surface area contributed by atoms with Crippen LogP contribution >= 0.6 is 0 Å². The smallest absolute Gasteiger partial charge is 0.335 e. The molecule has 2 rings (SSSR count). The van der Waals surface area contributed by atoms with Gasteiger partial charge in [0.1, 0.15) is 5.60 Å². The number of hydrogen-bond acceptors (Lipinski definition) is 5. The number of nitrogens with zero attached hydrogens (tertiary/aromatic N) is 2. The summed E-state index contributed by atoms with van der Waals surface area (Å²) in [7, 11) is 0. The first kappa shape index (κ1) is 15.2. The molecule has 0 aliphatic carbocycles. The maximum atomic E-state index is 11.0. The summed E-state index contributed by atoms with van der Waals surface area (Å²) >= 11 is 0. The summed E-state index contributed by atoms with van der Waals surface area (Å²) < 4.78 is 10.9. The van der Waals surface area contributed by atoms with Gasteiger partial charge in [-0.05, 0) is 38.5 Å². The van der Waals surface area contributed by atoms with E-state index >= 15 is 0 Å². The third-order valence-corrected chi connectivity index (χ3v) is 3.39. The number of rotatable bonds is 6. The van der Waals surface area contributed by atoms with Gasteiger partial charge in [0.05, 0.1) is 5.56 Å². The lowest BCUT2D eigenvalue weighted by molar-refractivity contribution is -0.0403. The Morgan fingerprint density at radius 2 is 2.19 bits per heavy atom. The Balaban J connectivity index is 2.35. The highest BCUT2D eigenvalue weighted by atomic mass is 16.5. The summed E-state index contributed by atoms with van der Waals surface area (Å²) in [5, 5.41) is 13.0. The standard InChI is InChI=1S/C15H18N2O4/c1-4-15(3,20-5-2)14-16-12(21-17-14)10-7-6-8-11(9-10)13(18)19/h6-9H,4-5H2,1-3H3,(H,18,19). The molecule has 6 nitrogen and oxygen atoms in total. The van der Waals surface area contributed by atoms with Gasteiger partial charge in [-0.2, -0.15) is 4.98 Å². The Bertz CT molecular complexity index is 638. The lowest BCUT2D eigenvalue weighted by Gasteiger charge is -2.23. The van der Waals surface area contributed by atoms with Crippen LogP contribution in [0.5, 0.6) is 0 Å². The summed E-state index contributed by atoms with van der Waals surface area (Å²) in [5.74, 6) is -0.251. The van der Waals surface area contributed by atoms with E-state index in [1.54, 1.807) is 12.1 Å². The van der Waals surface area contributed by atoms with E-state index < -0.39 is 11.6 Å². The molecule has 0 saturated carbocycles. The van der Waals surface area contributed by atoms with Crippen LogP contribution in [-0.4, -0.2) is 27.8 Å². The Kier molecular flexibility index (Phi) is 4.37. The highest BCUT2D eigenvalue weighted by molar-refractivity contribution is 5.88. The molecule has 0 radical (unpaired) electrons. The first-order chi connectivity index (χ1) is 10.00. The Morgan fingerprint density at radius 1 is 1.43 bits per heavy atom. The molecule has 112 valence electrons. The van der Waals surface area contributed by atoms with Crippen LogP contribution in [0.25, 0.3) is 11.5 Å². The zero-order valence-corrected chi connectivity index (χ0v) is 12.3. The summed E-state index contributed by atoms with van der Waals surface area (Å²) in [4.78, 5) is 15.3. The summed E-state index contributed by atoms with van der Waals surface area (Å²) in [6, 6.07) is 6.39. The van der Waals surface area contributed by atoms with Crippen molar-refractivity contribution in [3.8, 4) is 11.5 Å². The van der Waals surface area contributed by atoms with Crippen molar-refractivity contribution in [3.63, 3.8) is 0 Å². The highest BCUT2D eigenvalue weighted by Gasteiger charge is 2.31. The molecule has 0 amide bonds. The molecule has 1 N–H and O–H groups in total. The molecule has 1 atom stereocenters. The second kappa shape index (κ2) is 6.05. The van der Waals surface area contributed by atoms with Crippen LogP contribution in [0, 0.1) is 0 Å². The molecule has 2 aromatic rings. The van der Waals surface area contributed by atoms with Crippen molar-refractivity contribution in [2.75, 3.05) is 6.61 Å². The second-order valence-electron chi connectivity index (χ2n) is 4.83. The van der Waals surface area contributed by atoms with E-state index in [4.69, 9.17) is 14.4 Å². The molecular weight excluding hydrogens is 272 g/mol. The van der Waals surface area contributed by atoms with E-state index in [2.05, 4.69) is 10.1 Å². The van der Waals surface area contributed by atoms with Crippen molar-refractivity contribution >= 4 is 5.97 Å². The maximum Gasteiger partial charge on any atom is 0.335 e. The number of carboxylic acids is 1. The minimum atomic E-state index is -0.996. The zero-order valence-electron chi connectivity index (χ0n) is 12.3. The lowest BCUT2D eigenvalue weighted by atomic mass is 10.0. The Hall–Kier alpha value is -2.21. The van der Waals surface area contributed by atoms with Crippen LogP contribution in [0.4, 0.5) is 0 Å². The van der Waals surface area contributed by atoms with Gasteiger partial charge in [-0.25, -0.2) is 4.79 Å². The van der Waals surface area contributed by atoms with E-state index in [0.29, 0.717) is 24.4 Å². The van der Waals surface area contributed by atoms with Crippen LogP contribution in [0.1, 0.15) is 43.4 Å². The Labute approximate surface area is 122 Å². The number of ether oxygens (including phenoxy) is 1. The first-order valence-corrected chi connectivity index (χ1v) is 6.82.